The zero-order chi connectivity index (χ0) is 10.3. The van der Waals surface area contributed by atoms with Gasteiger partial charge in [0.2, 0.25) is 0 Å². The van der Waals surface area contributed by atoms with Gasteiger partial charge in [-0.3, -0.25) is 4.79 Å². The summed E-state index contributed by atoms with van der Waals surface area (Å²) in [6.45, 7) is 6.33. The second-order valence-corrected chi connectivity index (χ2v) is 4.16. The highest BCUT2D eigenvalue weighted by molar-refractivity contribution is 5.83. The van der Waals surface area contributed by atoms with Gasteiger partial charge in [-0.2, -0.15) is 0 Å². The van der Waals surface area contributed by atoms with Crippen molar-refractivity contribution in [3.8, 4) is 0 Å². The highest BCUT2D eigenvalue weighted by Gasteiger charge is 2.13. The van der Waals surface area contributed by atoms with Gasteiger partial charge in [0, 0.05) is 6.42 Å². The average molecular weight is 185 g/mol. The summed E-state index contributed by atoms with van der Waals surface area (Å²) < 4.78 is 0. The topological polar surface area (TPSA) is 43.1 Å². The highest BCUT2D eigenvalue weighted by Crippen LogP contribution is 2.07. The van der Waals surface area contributed by atoms with Crippen molar-refractivity contribution in [1.82, 2.24) is 0 Å². The fourth-order valence-corrected chi connectivity index (χ4v) is 1.37. The van der Waals surface area contributed by atoms with Gasteiger partial charge in [0.05, 0.1) is 6.04 Å². The van der Waals surface area contributed by atoms with E-state index in [9.17, 15) is 4.79 Å². The Labute approximate surface area is 81.9 Å². The molecule has 0 aromatic heterocycles. The fraction of sp³-hybridized carbons (Fsp3) is 0.909. The molecule has 0 bridgehead atoms. The first-order valence-electron chi connectivity index (χ1n) is 5.36. The summed E-state index contributed by atoms with van der Waals surface area (Å²) in [6.07, 6.45) is 4.79. The molecule has 2 N–H and O–H groups in total. The van der Waals surface area contributed by atoms with E-state index >= 15 is 0 Å². The van der Waals surface area contributed by atoms with Gasteiger partial charge in [-0.1, -0.05) is 33.6 Å². The Morgan fingerprint density at radius 3 is 2.38 bits per heavy atom. The first-order valence-corrected chi connectivity index (χ1v) is 5.36. The Morgan fingerprint density at radius 1 is 1.31 bits per heavy atom. The first kappa shape index (κ1) is 12.6. The number of hydrogen-bond donors (Lipinski definition) is 1. The highest BCUT2D eigenvalue weighted by atomic mass is 16.1. The molecule has 2 nitrogen and oxygen atoms in total. The summed E-state index contributed by atoms with van der Waals surface area (Å²) in [4.78, 5) is 11.4. The number of unbranched alkanes of at least 4 members (excludes halogenated alkanes) is 2. The lowest BCUT2D eigenvalue weighted by Crippen LogP contribution is -2.31. The molecule has 0 fully saturated rings. The minimum atomic E-state index is -0.225. The number of Topliss-reactive ketones (excluding diaryl/α,β-unsaturated/α-hetero) is 1. The van der Waals surface area contributed by atoms with Crippen molar-refractivity contribution in [2.75, 3.05) is 0 Å². The van der Waals surface area contributed by atoms with Crippen LogP contribution in [0.15, 0.2) is 0 Å². The molecule has 0 heterocycles. The van der Waals surface area contributed by atoms with E-state index in [0.717, 1.165) is 25.7 Å². The van der Waals surface area contributed by atoms with Crippen molar-refractivity contribution >= 4 is 5.78 Å². The molecule has 0 radical (unpaired) electrons. The predicted octanol–water partition coefficient (Wildman–Crippen LogP) is 2.51. The van der Waals surface area contributed by atoms with Gasteiger partial charge in [-0.05, 0) is 18.8 Å². The molecule has 0 aliphatic heterocycles. The summed E-state index contributed by atoms with van der Waals surface area (Å²) in [5.41, 5.74) is 5.75. The standard InChI is InChI=1S/C11H23NO/c1-4-5-6-7-11(13)10(12)8-9(2)3/h9-10H,4-8,12H2,1-3H3. The summed E-state index contributed by atoms with van der Waals surface area (Å²) in [5.74, 6) is 0.757. The van der Waals surface area contributed by atoms with Gasteiger partial charge in [-0.25, -0.2) is 0 Å². The number of ketones is 1. The molecule has 0 aromatic carbocycles. The summed E-state index contributed by atoms with van der Waals surface area (Å²) >= 11 is 0. The number of carbonyl (C=O) groups excluding carboxylic acids is 1. The first-order chi connectivity index (χ1) is 6.07. The summed E-state index contributed by atoms with van der Waals surface area (Å²) in [7, 11) is 0. The molecule has 13 heavy (non-hydrogen) atoms. The van der Waals surface area contributed by atoms with Crippen molar-refractivity contribution in [1.29, 1.82) is 0 Å². The van der Waals surface area contributed by atoms with E-state index in [0.29, 0.717) is 12.3 Å². The van der Waals surface area contributed by atoms with E-state index < -0.39 is 0 Å². The Balaban J connectivity index is 3.57. The third-order valence-electron chi connectivity index (χ3n) is 2.17. The lowest BCUT2D eigenvalue weighted by atomic mass is 9.98. The largest absolute Gasteiger partial charge is 0.322 e. The smallest absolute Gasteiger partial charge is 0.149 e. The van der Waals surface area contributed by atoms with Crippen LogP contribution in [0.2, 0.25) is 0 Å². The Bertz CT molecular complexity index is 143. The molecule has 1 atom stereocenters. The molecule has 2 heteroatoms. The van der Waals surface area contributed by atoms with Crippen LogP contribution in [0.25, 0.3) is 0 Å². The van der Waals surface area contributed by atoms with E-state index in [1.54, 1.807) is 0 Å². The molecule has 1 unspecified atom stereocenters. The molecule has 78 valence electrons. The number of carbonyl (C=O) groups is 1. The van der Waals surface area contributed by atoms with Crippen molar-refractivity contribution in [3.05, 3.63) is 0 Å². The third-order valence-corrected chi connectivity index (χ3v) is 2.17. The van der Waals surface area contributed by atoms with Crippen LogP contribution in [-0.2, 0) is 4.79 Å². The van der Waals surface area contributed by atoms with Gasteiger partial charge in [-0.15, -0.1) is 0 Å². The molecule has 0 aliphatic carbocycles. The molecule has 0 rings (SSSR count). The van der Waals surface area contributed by atoms with Gasteiger partial charge in [0.25, 0.3) is 0 Å². The molecule has 0 amide bonds. The Morgan fingerprint density at radius 2 is 1.92 bits per heavy atom. The Kier molecular flexibility index (Phi) is 6.87. The molecule has 0 saturated carbocycles. The molecule has 0 aromatic rings. The maximum Gasteiger partial charge on any atom is 0.149 e. The maximum atomic E-state index is 11.4. The van der Waals surface area contributed by atoms with Gasteiger partial charge < -0.3 is 5.73 Å². The summed E-state index contributed by atoms with van der Waals surface area (Å²) in [5, 5.41) is 0. The van der Waals surface area contributed by atoms with Crippen LogP contribution >= 0.6 is 0 Å². The second kappa shape index (κ2) is 7.07. The van der Waals surface area contributed by atoms with Crippen LogP contribution < -0.4 is 5.73 Å². The van der Waals surface area contributed by atoms with Crippen molar-refractivity contribution in [2.24, 2.45) is 11.7 Å². The zero-order valence-electron chi connectivity index (χ0n) is 9.18. The monoisotopic (exact) mass is 185 g/mol. The van der Waals surface area contributed by atoms with Crippen LogP contribution in [-0.4, -0.2) is 11.8 Å². The van der Waals surface area contributed by atoms with Gasteiger partial charge in [0.1, 0.15) is 5.78 Å². The maximum absolute atomic E-state index is 11.4. The molecule has 0 aliphatic rings. The van der Waals surface area contributed by atoms with E-state index in [2.05, 4.69) is 20.8 Å². The summed E-state index contributed by atoms with van der Waals surface area (Å²) in [6, 6.07) is -0.225. The average Bonchev–Trinajstić information content (AvgIpc) is 2.03. The van der Waals surface area contributed by atoms with Gasteiger partial charge in [0.15, 0.2) is 0 Å². The van der Waals surface area contributed by atoms with Crippen LogP contribution in [0.3, 0.4) is 0 Å². The number of hydrogen-bond acceptors (Lipinski definition) is 2. The molecular weight excluding hydrogens is 162 g/mol. The Hall–Kier alpha value is -0.370. The fourth-order valence-electron chi connectivity index (χ4n) is 1.37. The predicted molar refractivity (Wildman–Crippen MR) is 56.6 cm³/mol. The van der Waals surface area contributed by atoms with Crippen molar-refractivity contribution < 1.29 is 4.79 Å². The number of rotatable bonds is 7. The molecule has 0 saturated heterocycles. The lowest BCUT2D eigenvalue weighted by molar-refractivity contribution is -0.120. The lowest BCUT2D eigenvalue weighted by Gasteiger charge is -2.12. The van der Waals surface area contributed by atoms with E-state index in [4.69, 9.17) is 5.73 Å². The minimum Gasteiger partial charge on any atom is -0.322 e. The van der Waals surface area contributed by atoms with Crippen LogP contribution in [0.4, 0.5) is 0 Å². The van der Waals surface area contributed by atoms with Crippen molar-refractivity contribution in [2.45, 2.75) is 58.9 Å². The van der Waals surface area contributed by atoms with Crippen LogP contribution in [0.1, 0.15) is 52.9 Å². The number of nitrogens with two attached hydrogens (primary N) is 1. The SMILES string of the molecule is CCCCCC(=O)C(N)CC(C)C. The van der Waals surface area contributed by atoms with Crippen LogP contribution in [0.5, 0.6) is 0 Å². The third kappa shape index (κ3) is 6.76. The molecular formula is C11H23NO. The normalized spacial score (nSPS) is 13.3. The second-order valence-electron chi connectivity index (χ2n) is 4.16. The molecule has 0 spiro atoms. The van der Waals surface area contributed by atoms with Crippen molar-refractivity contribution in [3.63, 3.8) is 0 Å². The van der Waals surface area contributed by atoms with E-state index in [-0.39, 0.29) is 11.8 Å². The van der Waals surface area contributed by atoms with Crippen LogP contribution in [0, 0.1) is 5.92 Å². The van der Waals surface area contributed by atoms with E-state index in [1.807, 2.05) is 0 Å². The van der Waals surface area contributed by atoms with Gasteiger partial charge >= 0.3 is 0 Å². The quantitative estimate of drug-likeness (QED) is 0.619. The minimum absolute atomic E-state index is 0.225. The van der Waals surface area contributed by atoms with E-state index in [1.165, 1.54) is 0 Å². The zero-order valence-corrected chi connectivity index (χ0v) is 9.18.